The Morgan fingerprint density at radius 1 is 1.18 bits per heavy atom. The van der Waals surface area contributed by atoms with Gasteiger partial charge in [0.05, 0.1) is 30.9 Å². The number of hydrogen-bond acceptors (Lipinski definition) is 7. The molecule has 0 saturated carbocycles. The third-order valence-electron chi connectivity index (χ3n) is 6.18. The Labute approximate surface area is 196 Å². The summed E-state index contributed by atoms with van der Waals surface area (Å²) in [7, 11) is 4.67. The number of carbonyl (C=O) groups is 3. The predicted octanol–water partition coefficient (Wildman–Crippen LogP) is 3.12. The van der Waals surface area contributed by atoms with Crippen molar-refractivity contribution >= 4 is 34.9 Å². The topological polar surface area (TPSA) is 91.8 Å². The number of hydrazone groups is 1. The molecular formula is C23H26N4O5S. The molecule has 174 valence electrons. The van der Waals surface area contributed by atoms with Crippen LogP contribution < -0.4 is 9.47 Å². The Bertz CT molecular complexity index is 1130. The van der Waals surface area contributed by atoms with E-state index in [9.17, 15) is 14.4 Å². The summed E-state index contributed by atoms with van der Waals surface area (Å²) in [5.74, 6) is 0.275. The quantitative estimate of drug-likeness (QED) is 0.605. The molecule has 1 atom stereocenters. The van der Waals surface area contributed by atoms with Gasteiger partial charge in [-0.2, -0.15) is 5.10 Å². The lowest BCUT2D eigenvalue weighted by Gasteiger charge is -2.24. The molecule has 1 aromatic carbocycles. The molecule has 10 heteroatoms. The Balaban J connectivity index is 1.66. The van der Waals surface area contributed by atoms with Crippen LogP contribution in [0.5, 0.6) is 11.5 Å². The van der Waals surface area contributed by atoms with E-state index >= 15 is 0 Å². The van der Waals surface area contributed by atoms with Crippen LogP contribution in [0.1, 0.15) is 36.8 Å². The minimum atomic E-state index is -1.00. The number of ether oxygens (including phenoxy) is 2. The van der Waals surface area contributed by atoms with E-state index in [0.29, 0.717) is 17.9 Å². The molecule has 33 heavy (non-hydrogen) atoms. The van der Waals surface area contributed by atoms with Crippen LogP contribution in [-0.2, 0) is 9.59 Å². The van der Waals surface area contributed by atoms with Gasteiger partial charge in [-0.25, -0.2) is 9.80 Å². The molecule has 3 heterocycles. The molecule has 0 aliphatic carbocycles. The van der Waals surface area contributed by atoms with Crippen LogP contribution in [0.4, 0.5) is 4.79 Å². The van der Waals surface area contributed by atoms with Crippen molar-refractivity contribution in [3.8, 4) is 11.5 Å². The standard InChI is InChI=1S/C23H26N4O5S/c1-23(2)21(29)26(22(30)25(23)3)13-20(28)27-16(12-15(24-27)19-7-6-10-33-19)14-8-9-17(31-4)18(11-14)32-5/h6-11,16H,12-13H2,1-5H3/t16-/m1/s1. The third-order valence-corrected chi connectivity index (χ3v) is 7.10. The molecule has 2 aliphatic rings. The largest absolute Gasteiger partial charge is 0.493 e. The highest BCUT2D eigenvalue weighted by Gasteiger charge is 2.50. The summed E-state index contributed by atoms with van der Waals surface area (Å²) in [6.45, 7) is 2.94. The zero-order valence-corrected chi connectivity index (χ0v) is 20.0. The van der Waals surface area contributed by atoms with Gasteiger partial charge in [0.15, 0.2) is 11.5 Å². The van der Waals surface area contributed by atoms with Gasteiger partial charge in [-0.15, -0.1) is 11.3 Å². The number of hydrogen-bond donors (Lipinski definition) is 0. The van der Waals surface area contributed by atoms with Crippen LogP contribution in [-0.4, -0.2) is 71.7 Å². The van der Waals surface area contributed by atoms with Gasteiger partial charge in [-0.05, 0) is 43.0 Å². The average Bonchev–Trinajstić information content (AvgIpc) is 3.52. The SMILES string of the molecule is COc1ccc([C@H]2CC(c3cccs3)=NN2C(=O)CN2C(=O)N(C)C(C)(C)C2=O)cc1OC. The monoisotopic (exact) mass is 470 g/mol. The van der Waals surface area contributed by atoms with E-state index < -0.39 is 29.4 Å². The lowest BCUT2D eigenvalue weighted by molar-refractivity contribution is -0.140. The number of thiophene rings is 1. The number of methoxy groups -OCH3 is 2. The van der Waals surface area contributed by atoms with Crippen molar-refractivity contribution in [2.75, 3.05) is 27.8 Å². The normalized spacial score (nSPS) is 19.8. The van der Waals surface area contributed by atoms with Crippen LogP contribution in [0.2, 0.25) is 0 Å². The van der Waals surface area contributed by atoms with Gasteiger partial charge in [-0.1, -0.05) is 12.1 Å². The number of amides is 4. The first kappa shape index (κ1) is 22.8. The number of urea groups is 1. The molecule has 0 bridgehead atoms. The van der Waals surface area contributed by atoms with E-state index in [1.54, 1.807) is 41.2 Å². The van der Waals surface area contributed by atoms with E-state index in [2.05, 4.69) is 5.10 Å². The second-order valence-corrected chi connectivity index (χ2v) is 9.34. The van der Waals surface area contributed by atoms with Crippen molar-refractivity contribution in [2.24, 2.45) is 5.10 Å². The first-order chi connectivity index (χ1) is 15.7. The molecule has 4 rings (SSSR count). The van der Waals surface area contributed by atoms with E-state index in [1.165, 1.54) is 21.2 Å². The van der Waals surface area contributed by atoms with Gasteiger partial charge < -0.3 is 14.4 Å². The zero-order chi connectivity index (χ0) is 23.9. The summed E-state index contributed by atoms with van der Waals surface area (Å²) >= 11 is 1.54. The van der Waals surface area contributed by atoms with E-state index in [-0.39, 0.29) is 6.54 Å². The fourth-order valence-corrected chi connectivity index (χ4v) is 4.70. The average molecular weight is 471 g/mol. The number of imide groups is 1. The van der Waals surface area contributed by atoms with Gasteiger partial charge in [0.25, 0.3) is 11.8 Å². The second kappa shape index (κ2) is 8.51. The van der Waals surface area contributed by atoms with Crippen LogP contribution in [0.15, 0.2) is 40.8 Å². The number of likely N-dealkylation sites (N-methyl/N-ethyl adjacent to an activating group) is 1. The second-order valence-electron chi connectivity index (χ2n) is 8.39. The van der Waals surface area contributed by atoms with Crippen molar-refractivity contribution in [1.29, 1.82) is 0 Å². The van der Waals surface area contributed by atoms with Gasteiger partial charge in [0.1, 0.15) is 12.1 Å². The Morgan fingerprint density at radius 3 is 2.48 bits per heavy atom. The maximum absolute atomic E-state index is 13.4. The highest BCUT2D eigenvalue weighted by molar-refractivity contribution is 7.12. The summed E-state index contributed by atoms with van der Waals surface area (Å²) in [5, 5.41) is 7.94. The van der Waals surface area contributed by atoms with Crippen molar-refractivity contribution in [1.82, 2.24) is 14.8 Å². The van der Waals surface area contributed by atoms with E-state index in [1.807, 2.05) is 29.6 Å². The summed E-state index contributed by atoms with van der Waals surface area (Å²) in [4.78, 5) is 42.1. The lowest BCUT2D eigenvalue weighted by atomic mass is 10.0. The van der Waals surface area contributed by atoms with Crippen LogP contribution in [0.3, 0.4) is 0 Å². The molecule has 0 unspecified atom stereocenters. The molecule has 0 radical (unpaired) electrons. The molecule has 0 spiro atoms. The smallest absolute Gasteiger partial charge is 0.327 e. The van der Waals surface area contributed by atoms with Crippen molar-refractivity contribution in [3.63, 3.8) is 0 Å². The minimum Gasteiger partial charge on any atom is -0.493 e. The van der Waals surface area contributed by atoms with Crippen LogP contribution in [0.25, 0.3) is 0 Å². The maximum Gasteiger partial charge on any atom is 0.327 e. The van der Waals surface area contributed by atoms with Gasteiger partial charge in [0, 0.05) is 13.5 Å². The first-order valence-corrected chi connectivity index (χ1v) is 11.3. The van der Waals surface area contributed by atoms with E-state index in [4.69, 9.17) is 9.47 Å². The highest BCUT2D eigenvalue weighted by atomic mass is 32.1. The predicted molar refractivity (Wildman–Crippen MR) is 124 cm³/mol. The summed E-state index contributed by atoms with van der Waals surface area (Å²) in [5.41, 5.74) is 0.582. The van der Waals surface area contributed by atoms with Crippen LogP contribution in [0, 0.1) is 0 Å². The van der Waals surface area contributed by atoms with Gasteiger partial charge in [-0.3, -0.25) is 14.5 Å². The molecule has 1 saturated heterocycles. The molecule has 2 aliphatic heterocycles. The van der Waals surface area contributed by atoms with Gasteiger partial charge in [0.2, 0.25) is 0 Å². The Morgan fingerprint density at radius 2 is 1.91 bits per heavy atom. The molecule has 9 nitrogen and oxygen atoms in total. The molecular weight excluding hydrogens is 444 g/mol. The first-order valence-electron chi connectivity index (χ1n) is 10.4. The lowest BCUT2D eigenvalue weighted by Crippen LogP contribution is -2.43. The number of benzene rings is 1. The fourth-order valence-electron chi connectivity index (χ4n) is 3.98. The minimum absolute atomic E-state index is 0.379. The van der Waals surface area contributed by atoms with Crippen molar-refractivity contribution < 1.29 is 23.9 Å². The molecule has 4 amide bonds. The summed E-state index contributed by atoms with van der Waals surface area (Å²) in [6.07, 6.45) is 0.495. The Hall–Kier alpha value is -3.40. The maximum atomic E-state index is 13.4. The fraction of sp³-hybridized carbons (Fsp3) is 0.391. The number of carbonyl (C=O) groups excluding carboxylic acids is 3. The zero-order valence-electron chi connectivity index (χ0n) is 19.2. The molecule has 1 fully saturated rings. The van der Waals surface area contributed by atoms with Crippen LogP contribution >= 0.6 is 11.3 Å². The number of rotatable bonds is 6. The summed E-state index contributed by atoms with van der Waals surface area (Å²) in [6, 6.07) is 8.44. The molecule has 0 N–H and O–H groups in total. The summed E-state index contributed by atoms with van der Waals surface area (Å²) < 4.78 is 10.8. The van der Waals surface area contributed by atoms with Gasteiger partial charge >= 0.3 is 6.03 Å². The van der Waals surface area contributed by atoms with E-state index in [0.717, 1.165) is 21.1 Å². The number of nitrogens with zero attached hydrogens (tertiary/aromatic N) is 4. The highest BCUT2D eigenvalue weighted by Crippen LogP contribution is 2.38. The third kappa shape index (κ3) is 3.84. The van der Waals surface area contributed by atoms with Crippen molar-refractivity contribution in [2.45, 2.75) is 31.8 Å². The molecule has 1 aromatic heterocycles. The Kier molecular flexibility index (Phi) is 5.87. The van der Waals surface area contributed by atoms with Crippen molar-refractivity contribution in [3.05, 3.63) is 46.2 Å². The molecule has 2 aromatic rings.